The summed E-state index contributed by atoms with van der Waals surface area (Å²) < 4.78 is 0. The summed E-state index contributed by atoms with van der Waals surface area (Å²) in [6.07, 6.45) is 1.45. The number of aryl methyl sites for hydroxylation is 1. The standard InChI is InChI=1S/C15H16N2O2/c1-10-8-14(18)13(9-16-10)15(19)17-11(2)12-6-4-3-5-7-12/h3-9,11H,1-2H3,(H,16,18)(H,17,19)/t11-/m1/s1. The molecule has 1 aromatic carbocycles. The van der Waals surface area contributed by atoms with E-state index >= 15 is 0 Å². The molecule has 1 amide bonds. The largest absolute Gasteiger partial charge is 0.364 e. The van der Waals surface area contributed by atoms with E-state index in [1.54, 1.807) is 6.92 Å². The highest BCUT2D eigenvalue weighted by Gasteiger charge is 2.13. The molecule has 2 aromatic rings. The number of rotatable bonds is 3. The fourth-order valence-corrected chi connectivity index (χ4v) is 1.85. The summed E-state index contributed by atoms with van der Waals surface area (Å²) in [6, 6.07) is 10.9. The summed E-state index contributed by atoms with van der Waals surface area (Å²) >= 11 is 0. The first-order chi connectivity index (χ1) is 9.08. The van der Waals surface area contributed by atoms with Crippen molar-refractivity contribution in [2.24, 2.45) is 0 Å². The molecule has 4 nitrogen and oxygen atoms in total. The van der Waals surface area contributed by atoms with Crippen LogP contribution in [0, 0.1) is 6.92 Å². The Balaban J connectivity index is 2.15. The van der Waals surface area contributed by atoms with Crippen LogP contribution in [0.15, 0.2) is 47.4 Å². The minimum Gasteiger partial charge on any atom is -0.364 e. The van der Waals surface area contributed by atoms with Gasteiger partial charge in [-0.15, -0.1) is 0 Å². The number of nitrogens with one attached hydrogen (secondary N) is 2. The molecule has 0 saturated heterocycles. The van der Waals surface area contributed by atoms with Crippen LogP contribution in [0.3, 0.4) is 0 Å². The van der Waals surface area contributed by atoms with Gasteiger partial charge >= 0.3 is 0 Å². The SMILES string of the molecule is Cc1cc(=O)c(C(=O)N[C@H](C)c2ccccc2)c[nH]1. The van der Waals surface area contributed by atoms with E-state index in [0.717, 1.165) is 11.3 Å². The van der Waals surface area contributed by atoms with Gasteiger partial charge in [0, 0.05) is 18.0 Å². The van der Waals surface area contributed by atoms with E-state index in [2.05, 4.69) is 10.3 Å². The lowest BCUT2D eigenvalue weighted by Gasteiger charge is -2.14. The molecule has 0 aliphatic heterocycles. The summed E-state index contributed by atoms with van der Waals surface area (Å²) in [4.78, 5) is 26.6. The van der Waals surface area contributed by atoms with Crippen LogP contribution in [0.5, 0.6) is 0 Å². The van der Waals surface area contributed by atoms with Crippen molar-refractivity contribution in [3.63, 3.8) is 0 Å². The number of H-pyrrole nitrogens is 1. The Hall–Kier alpha value is -2.36. The van der Waals surface area contributed by atoms with Gasteiger partial charge in [0.05, 0.1) is 6.04 Å². The van der Waals surface area contributed by atoms with Crippen molar-refractivity contribution < 1.29 is 4.79 Å². The second-order valence-electron chi connectivity index (χ2n) is 4.50. The molecule has 1 heterocycles. The number of hydrogen-bond donors (Lipinski definition) is 2. The van der Waals surface area contributed by atoms with Crippen molar-refractivity contribution in [1.82, 2.24) is 10.3 Å². The fourth-order valence-electron chi connectivity index (χ4n) is 1.85. The predicted octanol–water partition coefficient (Wildman–Crippen LogP) is 2.17. The molecule has 0 saturated carbocycles. The van der Waals surface area contributed by atoms with Gasteiger partial charge in [0.1, 0.15) is 5.56 Å². The van der Waals surface area contributed by atoms with E-state index in [0.29, 0.717) is 0 Å². The molecule has 0 spiro atoms. The Morgan fingerprint density at radius 3 is 2.58 bits per heavy atom. The summed E-state index contributed by atoms with van der Waals surface area (Å²) in [5.74, 6) is -0.363. The molecule has 0 aliphatic rings. The topological polar surface area (TPSA) is 62.0 Å². The number of carbonyl (C=O) groups excluding carboxylic acids is 1. The molecule has 0 unspecified atom stereocenters. The second kappa shape index (κ2) is 5.52. The van der Waals surface area contributed by atoms with E-state index < -0.39 is 0 Å². The van der Waals surface area contributed by atoms with Gasteiger partial charge in [0.2, 0.25) is 0 Å². The molecule has 0 radical (unpaired) electrons. The smallest absolute Gasteiger partial charge is 0.257 e. The average Bonchev–Trinajstić information content (AvgIpc) is 2.39. The van der Waals surface area contributed by atoms with Crippen LogP contribution in [-0.4, -0.2) is 10.9 Å². The van der Waals surface area contributed by atoms with Gasteiger partial charge in [-0.05, 0) is 19.4 Å². The lowest BCUT2D eigenvalue weighted by molar-refractivity contribution is 0.0938. The molecule has 2 rings (SSSR count). The molecule has 19 heavy (non-hydrogen) atoms. The fraction of sp³-hybridized carbons (Fsp3) is 0.200. The lowest BCUT2D eigenvalue weighted by Crippen LogP contribution is -2.30. The average molecular weight is 256 g/mol. The van der Waals surface area contributed by atoms with Crippen LogP contribution in [0.4, 0.5) is 0 Å². The van der Waals surface area contributed by atoms with Crippen LogP contribution in [-0.2, 0) is 0 Å². The Kier molecular flexibility index (Phi) is 3.80. The van der Waals surface area contributed by atoms with Crippen molar-refractivity contribution in [3.8, 4) is 0 Å². The molecule has 0 bridgehead atoms. The van der Waals surface area contributed by atoms with Crippen molar-refractivity contribution in [2.75, 3.05) is 0 Å². The van der Waals surface area contributed by atoms with E-state index in [1.807, 2.05) is 37.3 Å². The molecule has 1 atom stereocenters. The molecule has 98 valence electrons. The maximum atomic E-state index is 12.0. The maximum absolute atomic E-state index is 12.0. The number of pyridine rings is 1. The summed E-state index contributed by atoms with van der Waals surface area (Å²) in [7, 11) is 0. The highest BCUT2D eigenvalue weighted by atomic mass is 16.2. The third kappa shape index (κ3) is 3.10. The Bertz CT molecular complexity index is 632. The summed E-state index contributed by atoms with van der Waals surface area (Å²) in [5.41, 5.74) is 1.60. The van der Waals surface area contributed by atoms with Crippen molar-refractivity contribution in [2.45, 2.75) is 19.9 Å². The van der Waals surface area contributed by atoms with E-state index in [1.165, 1.54) is 12.3 Å². The molecule has 4 heteroatoms. The quantitative estimate of drug-likeness (QED) is 0.884. The summed E-state index contributed by atoms with van der Waals surface area (Å²) in [6.45, 7) is 3.66. The maximum Gasteiger partial charge on any atom is 0.257 e. The van der Waals surface area contributed by atoms with Gasteiger partial charge in [-0.1, -0.05) is 30.3 Å². The van der Waals surface area contributed by atoms with Crippen LogP contribution < -0.4 is 10.7 Å². The van der Waals surface area contributed by atoms with Crippen molar-refractivity contribution >= 4 is 5.91 Å². The molecule has 0 aliphatic carbocycles. The Labute approximate surface area is 111 Å². The first kappa shape index (κ1) is 13.1. The first-order valence-electron chi connectivity index (χ1n) is 6.13. The van der Waals surface area contributed by atoms with Crippen LogP contribution >= 0.6 is 0 Å². The zero-order valence-electron chi connectivity index (χ0n) is 10.9. The molecule has 2 N–H and O–H groups in total. The van der Waals surface area contributed by atoms with Crippen LogP contribution in [0.1, 0.15) is 34.6 Å². The van der Waals surface area contributed by atoms with Crippen LogP contribution in [0.25, 0.3) is 0 Å². The number of benzene rings is 1. The van der Waals surface area contributed by atoms with Crippen LogP contribution in [0.2, 0.25) is 0 Å². The normalized spacial score (nSPS) is 11.9. The summed E-state index contributed by atoms with van der Waals surface area (Å²) in [5, 5.41) is 2.81. The Morgan fingerprint density at radius 2 is 1.95 bits per heavy atom. The van der Waals surface area contributed by atoms with Gasteiger partial charge < -0.3 is 10.3 Å². The van der Waals surface area contributed by atoms with E-state index in [4.69, 9.17) is 0 Å². The van der Waals surface area contributed by atoms with Gasteiger partial charge in [0.25, 0.3) is 5.91 Å². The van der Waals surface area contributed by atoms with Gasteiger partial charge in [-0.2, -0.15) is 0 Å². The van der Waals surface area contributed by atoms with Crippen molar-refractivity contribution in [3.05, 3.63) is 69.6 Å². The van der Waals surface area contributed by atoms with E-state index in [-0.39, 0.29) is 22.9 Å². The minimum atomic E-state index is -0.363. The highest BCUT2D eigenvalue weighted by Crippen LogP contribution is 2.11. The molecular formula is C15H16N2O2. The van der Waals surface area contributed by atoms with Gasteiger partial charge in [0.15, 0.2) is 5.43 Å². The third-order valence-electron chi connectivity index (χ3n) is 2.95. The number of amides is 1. The first-order valence-corrected chi connectivity index (χ1v) is 6.13. The number of carbonyl (C=O) groups is 1. The molecule has 0 fully saturated rings. The highest BCUT2D eigenvalue weighted by molar-refractivity contribution is 5.94. The Morgan fingerprint density at radius 1 is 1.26 bits per heavy atom. The molecule has 1 aromatic heterocycles. The van der Waals surface area contributed by atoms with Crippen molar-refractivity contribution in [1.29, 1.82) is 0 Å². The zero-order chi connectivity index (χ0) is 13.8. The number of aromatic amines is 1. The monoisotopic (exact) mass is 256 g/mol. The third-order valence-corrected chi connectivity index (χ3v) is 2.95. The minimum absolute atomic E-state index is 0.133. The number of aromatic nitrogens is 1. The lowest BCUT2D eigenvalue weighted by atomic mass is 10.1. The second-order valence-corrected chi connectivity index (χ2v) is 4.50. The molecular weight excluding hydrogens is 240 g/mol. The number of hydrogen-bond acceptors (Lipinski definition) is 2. The van der Waals surface area contributed by atoms with Gasteiger partial charge in [-0.25, -0.2) is 0 Å². The van der Waals surface area contributed by atoms with E-state index in [9.17, 15) is 9.59 Å². The van der Waals surface area contributed by atoms with Gasteiger partial charge in [-0.3, -0.25) is 9.59 Å². The zero-order valence-corrected chi connectivity index (χ0v) is 10.9. The predicted molar refractivity (Wildman–Crippen MR) is 74.1 cm³/mol.